The number of rotatable bonds is 5. The lowest BCUT2D eigenvalue weighted by atomic mass is 10.2. The Kier molecular flexibility index (Phi) is 4.46. The van der Waals surface area contributed by atoms with Crippen molar-refractivity contribution < 1.29 is 23.1 Å². The molecule has 1 saturated heterocycles. The highest BCUT2D eigenvalue weighted by Gasteiger charge is 2.31. The molecule has 1 unspecified atom stereocenters. The normalized spacial score (nSPS) is 20.1. The van der Waals surface area contributed by atoms with Gasteiger partial charge in [-0.3, -0.25) is 9.48 Å². The van der Waals surface area contributed by atoms with E-state index in [0.717, 1.165) is 0 Å². The van der Waals surface area contributed by atoms with Crippen molar-refractivity contribution in [2.75, 3.05) is 17.6 Å². The minimum absolute atomic E-state index is 0.0669. The van der Waals surface area contributed by atoms with Crippen LogP contribution in [0.5, 0.6) is 0 Å². The minimum atomic E-state index is -3.09. The number of hydrogen-bond acceptors (Lipinski definition) is 5. The number of hydrogen-bond donors (Lipinski definition) is 3. The highest BCUT2D eigenvalue weighted by atomic mass is 32.2. The van der Waals surface area contributed by atoms with E-state index in [-0.39, 0.29) is 18.8 Å². The molecule has 1 aliphatic heterocycles. The van der Waals surface area contributed by atoms with Crippen LogP contribution in [0.25, 0.3) is 0 Å². The number of sulfone groups is 1. The van der Waals surface area contributed by atoms with Crippen LogP contribution in [0, 0.1) is 0 Å². The Balaban J connectivity index is 1.82. The number of carbonyl (C=O) groups excluding carboxylic acids is 1. The van der Waals surface area contributed by atoms with Crippen LogP contribution < -0.4 is 10.6 Å². The van der Waals surface area contributed by atoms with E-state index in [2.05, 4.69) is 15.7 Å². The van der Waals surface area contributed by atoms with Crippen LogP contribution >= 0.6 is 0 Å². The SMILES string of the molecule is O=C(O)Cn1cc(NC(=O)NCC2CCCS2(=O)=O)cn1. The lowest BCUT2D eigenvalue weighted by molar-refractivity contribution is -0.137. The average Bonchev–Trinajstić information content (AvgIpc) is 2.92. The van der Waals surface area contributed by atoms with Gasteiger partial charge in [-0.1, -0.05) is 0 Å². The van der Waals surface area contributed by atoms with Crippen molar-refractivity contribution >= 4 is 27.5 Å². The van der Waals surface area contributed by atoms with Gasteiger partial charge in [0.2, 0.25) is 0 Å². The quantitative estimate of drug-likeness (QED) is 0.681. The van der Waals surface area contributed by atoms with Gasteiger partial charge in [-0.25, -0.2) is 13.2 Å². The molecule has 21 heavy (non-hydrogen) atoms. The van der Waals surface area contributed by atoms with Crippen LogP contribution in [0.4, 0.5) is 10.5 Å². The molecule has 0 saturated carbocycles. The van der Waals surface area contributed by atoms with E-state index < -0.39 is 27.1 Å². The molecule has 1 aliphatic rings. The number of urea groups is 1. The first-order valence-electron chi connectivity index (χ1n) is 6.37. The van der Waals surface area contributed by atoms with Gasteiger partial charge in [-0.2, -0.15) is 5.10 Å². The number of aromatic nitrogens is 2. The molecule has 0 spiro atoms. The summed E-state index contributed by atoms with van der Waals surface area (Å²) < 4.78 is 24.4. The Labute approximate surface area is 121 Å². The molecule has 2 amide bonds. The van der Waals surface area contributed by atoms with Gasteiger partial charge in [-0.05, 0) is 12.8 Å². The highest BCUT2D eigenvalue weighted by molar-refractivity contribution is 7.92. The fourth-order valence-electron chi connectivity index (χ4n) is 2.12. The van der Waals surface area contributed by atoms with E-state index in [1.165, 1.54) is 17.1 Å². The molecule has 10 heteroatoms. The summed E-state index contributed by atoms with van der Waals surface area (Å²) >= 11 is 0. The van der Waals surface area contributed by atoms with Crippen LogP contribution in [0.2, 0.25) is 0 Å². The number of aliphatic carboxylic acids is 1. The van der Waals surface area contributed by atoms with E-state index in [4.69, 9.17) is 5.11 Å². The maximum absolute atomic E-state index is 11.6. The topological polar surface area (TPSA) is 130 Å². The van der Waals surface area contributed by atoms with Crippen molar-refractivity contribution in [2.45, 2.75) is 24.6 Å². The first kappa shape index (κ1) is 15.3. The second-order valence-corrected chi connectivity index (χ2v) is 7.19. The minimum Gasteiger partial charge on any atom is -0.480 e. The Morgan fingerprint density at radius 3 is 2.86 bits per heavy atom. The van der Waals surface area contributed by atoms with Crippen molar-refractivity contribution in [3.05, 3.63) is 12.4 Å². The molecule has 1 aromatic rings. The highest BCUT2D eigenvalue weighted by Crippen LogP contribution is 2.19. The smallest absolute Gasteiger partial charge is 0.325 e. The molecular formula is C11H16N4O5S. The average molecular weight is 316 g/mol. The maximum atomic E-state index is 11.6. The number of nitrogens with zero attached hydrogens (tertiary/aromatic N) is 2. The molecule has 2 rings (SSSR count). The van der Waals surface area contributed by atoms with Crippen LogP contribution in [0.1, 0.15) is 12.8 Å². The van der Waals surface area contributed by atoms with Gasteiger partial charge in [0, 0.05) is 12.7 Å². The summed E-state index contributed by atoms with van der Waals surface area (Å²) in [6.07, 6.45) is 3.87. The Hall–Kier alpha value is -2.10. The van der Waals surface area contributed by atoms with Crippen molar-refractivity contribution in [3.8, 4) is 0 Å². The van der Waals surface area contributed by atoms with Crippen molar-refractivity contribution in [2.24, 2.45) is 0 Å². The van der Waals surface area contributed by atoms with Crippen molar-refractivity contribution in [1.82, 2.24) is 15.1 Å². The molecule has 0 bridgehead atoms. The summed E-state index contributed by atoms with van der Waals surface area (Å²) in [5.41, 5.74) is 0.336. The third-order valence-corrected chi connectivity index (χ3v) is 5.42. The van der Waals surface area contributed by atoms with Gasteiger partial charge in [0.1, 0.15) is 6.54 Å². The van der Waals surface area contributed by atoms with Crippen LogP contribution in [-0.4, -0.2) is 52.9 Å². The molecule has 9 nitrogen and oxygen atoms in total. The summed E-state index contributed by atoms with van der Waals surface area (Å²) in [5, 5.41) is 16.8. The van der Waals surface area contributed by atoms with E-state index in [0.29, 0.717) is 18.5 Å². The van der Waals surface area contributed by atoms with Gasteiger partial charge in [0.05, 0.1) is 22.9 Å². The number of amides is 2. The number of carboxylic acids is 1. The molecule has 3 N–H and O–H groups in total. The van der Waals surface area contributed by atoms with Crippen LogP contribution in [0.3, 0.4) is 0 Å². The molecule has 0 radical (unpaired) electrons. The standard InChI is InChI=1S/C11H16N4O5S/c16-10(17)7-15-6-8(4-13-15)14-11(18)12-5-9-2-1-3-21(9,19)20/h4,6,9H,1-3,5,7H2,(H,16,17)(H2,12,14,18). The summed E-state index contributed by atoms with van der Waals surface area (Å²) in [6, 6.07) is -0.549. The largest absolute Gasteiger partial charge is 0.480 e. The van der Waals surface area contributed by atoms with E-state index >= 15 is 0 Å². The molecule has 2 heterocycles. The predicted molar refractivity (Wildman–Crippen MR) is 73.7 cm³/mol. The second-order valence-electron chi connectivity index (χ2n) is 4.79. The number of carbonyl (C=O) groups is 2. The van der Waals surface area contributed by atoms with Gasteiger partial charge in [0.25, 0.3) is 0 Å². The Morgan fingerprint density at radius 1 is 1.48 bits per heavy atom. The van der Waals surface area contributed by atoms with Gasteiger partial charge < -0.3 is 15.7 Å². The fraction of sp³-hybridized carbons (Fsp3) is 0.545. The lowest BCUT2D eigenvalue weighted by Gasteiger charge is -2.10. The first-order chi connectivity index (χ1) is 9.87. The van der Waals surface area contributed by atoms with E-state index in [9.17, 15) is 18.0 Å². The maximum Gasteiger partial charge on any atom is 0.325 e. The molecule has 0 aliphatic carbocycles. The molecular weight excluding hydrogens is 300 g/mol. The predicted octanol–water partition coefficient (Wildman–Crippen LogP) is -0.334. The molecule has 0 aromatic carbocycles. The summed E-state index contributed by atoms with van der Waals surface area (Å²) in [7, 11) is -3.09. The monoisotopic (exact) mass is 316 g/mol. The van der Waals surface area contributed by atoms with Gasteiger partial charge >= 0.3 is 12.0 Å². The molecule has 1 aromatic heterocycles. The second kappa shape index (κ2) is 6.12. The van der Waals surface area contributed by atoms with Crippen molar-refractivity contribution in [3.63, 3.8) is 0 Å². The fourth-order valence-corrected chi connectivity index (χ4v) is 3.89. The molecule has 1 fully saturated rings. The molecule has 1 atom stereocenters. The third-order valence-electron chi connectivity index (χ3n) is 3.14. The number of anilines is 1. The lowest BCUT2D eigenvalue weighted by Crippen LogP contribution is -2.37. The number of nitrogens with one attached hydrogen (secondary N) is 2. The zero-order valence-electron chi connectivity index (χ0n) is 11.2. The summed E-state index contributed by atoms with van der Waals surface area (Å²) in [4.78, 5) is 22.1. The third kappa shape index (κ3) is 4.18. The number of carboxylic acid groups (broad SMARTS) is 1. The van der Waals surface area contributed by atoms with Gasteiger partial charge in [-0.15, -0.1) is 0 Å². The van der Waals surface area contributed by atoms with Crippen LogP contribution in [0.15, 0.2) is 12.4 Å². The van der Waals surface area contributed by atoms with Crippen LogP contribution in [-0.2, 0) is 21.2 Å². The molecule has 116 valence electrons. The zero-order chi connectivity index (χ0) is 15.5. The zero-order valence-corrected chi connectivity index (χ0v) is 12.0. The van der Waals surface area contributed by atoms with Gasteiger partial charge in [0.15, 0.2) is 9.84 Å². The summed E-state index contributed by atoms with van der Waals surface area (Å²) in [6.45, 7) is -0.235. The van der Waals surface area contributed by atoms with E-state index in [1.54, 1.807) is 0 Å². The van der Waals surface area contributed by atoms with E-state index in [1.807, 2.05) is 0 Å². The first-order valence-corrected chi connectivity index (χ1v) is 8.09. The van der Waals surface area contributed by atoms with Crippen molar-refractivity contribution in [1.29, 1.82) is 0 Å². The Bertz CT molecular complexity index is 639. The summed E-state index contributed by atoms with van der Waals surface area (Å²) in [5.74, 6) is -0.872. The Morgan fingerprint density at radius 2 is 2.24 bits per heavy atom.